The molecule has 110 valence electrons. The number of carbonyl (C=O) groups excluding carboxylic acids is 1. The maximum Gasteiger partial charge on any atom is 0.224 e. The summed E-state index contributed by atoms with van der Waals surface area (Å²) in [4.78, 5) is 14.5. The van der Waals surface area contributed by atoms with Crippen molar-refractivity contribution in [2.45, 2.75) is 58.7 Å². The molecule has 0 spiro atoms. The highest BCUT2D eigenvalue weighted by molar-refractivity contribution is 5.77. The summed E-state index contributed by atoms with van der Waals surface area (Å²) >= 11 is 0. The summed E-state index contributed by atoms with van der Waals surface area (Å²) in [6.07, 6.45) is 2.69. The second-order valence-electron chi connectivity index (χ2n) is 6.92. The second-order valence-corrected chi connectivity index (χ2v) is 6.92. The summed E-state index contributed by atoms with van der Waals surface area (Å²) in [5.41, 5.74) is 7.32. The Morgan fingerprint density at radius 1 is 1.30 bits per heavy atom. The Labute approximate surface area is 122 Å². The predicted molar refractivity (Wildman–Crippen MR) is 82.1 cm³/mol. The van der Waals surface area contributed by atoms with E-state index in [0.29, 0.717) is 19.0 Å². The van der Waals surface area contributed by atoms with Crippen LogP contribution in [0.2, 0.25) is 0 Å². The molecule has 0 bridgehead atoms. The van der Waals surface area contributed by atoms with Gasteiger partial charge in [-0.25, -0.2) is 0 Å². The van der Waals surface area contributed by atoms with Crippen LogP contribution >= 0.6 is 0 Å². The molecule has 0 saturated heterocycles. The highest BCUT2D eigenvalue weighted by Gasteiger charge is 2.34. The molecule has 0 radical (unpaired) electrons. The fourth-order valence-corrected chi connectivity index (χ4v) is 2.20. The van der Waals surface area contributed by atoms with Crippen LogP contribution in [0.15, 0.2) is 30.3 Å². The van der Waals surface area contributed by atoms with Crippen molar-refractivity contribution >= 4 is 5.91 Å². The number of rotatable bonds is 5. The van der Waals surface area contributed by atoms with Crippen LogP contribution in [0, 0.1) is 5.41 Å². The van der Waals surface area contributed by atoms with Crippen LogP contribution in [-0.2, 0) is 11.3 Å². The Balaban J connectivity index is 2.00. The van der Waals surface area contributed by atoms with Crippen LogP contribution in [0.5, 0.6) is 0 Å². The van der Waals surface area contributed by atoms with Crippen LogP contribution in [0.4, 0.5) is 0 Å². The number of hydrogen-bond acceptors (Lipinski definition) is 2. The summed E-state index contributed by atoms with van der Waals surface area (Å²) in [7, 11) is 0. The lowest BCUT2D eigenvalue weighted by atomic mass is 9.85. The van der Waals surface area contributed by atoms with Crippen LogP contribution in [0.1, 0.15) is 45.6 Å². The van der Waals surface area contributed by atoms with E-state index in [9.17, 15) is 4.79 Å². The molecule has 3 nitrogen and oxygen atoms in total. The van der Waals surface area contributed by atoms with Crippen molar-refractivity contribution in [3.8, 4) is 0 Å². The number of benzene rings is 1. The molecule has 0 aromatic heterocycles. The molecule has 1 atom stereocenters. The van der Waals surface area contributed by atoms with Crippen molar-refractivity contribution in [1.82, 2.24) is 4.90 Å². The van der Waals surface area contributed by atoms with Crippen molar-refractivity contribution in [1.29, 1.82) is 0 Å². The molecular weight excluding hydrogens is 248 g/mol. The SMILES string of the molecule is CC(C)(C)C(N)CC(=O)N(Cc1ccccc1)C1CC1. The van der Waals surface area contributed by atoms with Crippen molar-refractivity contribution in [3.63, 3.8) is 0 Å². The molecule has 1 aliphatic carbocycles. The van der Waals surface area contributed by atoms with E-state index in [1.165, 1.54) is 5.56 Å². The lowest BCUT2D eigenvalue weighted by Gasteiger charge is -2.30. The zero-order valence-corrected chi connectivity index (χ0v) is 12.8. The van der Waals surface area contributed by atoms with Gasteiger partial charge in [0.15, 0.2) is 0 Å². The molecule has 2 rings (SSSR count). The Morgan fingerprint density at radius 2 is 1.90 bits per heavy atom. The molecule has 2 N–H and O–H groups in total. The first-order valence-corrected chi connectivity index (χ1v) is 7.47. The van der Waals surface area contributed by atoms with E-state index in [2.05, 4.69) is 32.9 Å². The summed E-state index contributed by atoms with van der Waals surface area (Å²) in [6.45, 7) is 6.97. The van der Waals surface area contributed by atoms with Gasteiger partial charge in [0, 0.05) is 25.0 Å². The first-order chi connectivity index (χ1) is 9.38. The molecule has 1 unspecified atom stereocenters. The zero-order chi connectivity index (χ0) is 14.8. The molecule has 1 aromatic rings. The number of hydrogen-bond donors (Lipinski definition) is 1. The van der Waals surface area contributed by atoms with Crippen molar-refractivity contribution in [2.24, 2.45) is 11.1 Å². The minimum atomic E-state index is -0.0907. The van der Waals surface area contributed by atoms with Gasteiger partial charge in [0.1, 0.15) is 0 Å². The van der Waals surface area contributed by atoms with Gasteiger partial charge >= 0.3 is 0 Å². The largest absolute Gasteiger partial charge is 0.335 e. The van der Waals surface area contributed by atoms with Crippen molar-refractivity contribution in [2.75, 3.05) is 0 Å². The van der Waals surface area contributed by atoms with Crippen LogP contribution < -0.4 is 5.73 Å². The molecule has 0 heterocycles. The third-order valence-electron chi connectivity index (χ3n) is 4.01. The predicted octanol–water partition coefficient (Wildman–Crippen LogP) is 2.94. The van der Waals surface area contributed by atoms with Crippen LogP contribution in [0.3, 0.4) is 0 Å². The van der Waals surface area contributed by atoms with Gasteiger partial charge in [0.2, 0.25) is 5.91 Å². The fraction of sp³-hybridized carbons (Fsp3) is 0.588. The Hall–Kier alpha value is -1.35. The molecule has 1 aliphatic rings. The molecule has 20 heavy (non-hydrogen) atoms. The van der Waals surface area contributed by atoms with E-state index >= 15 is 0 Å². The quantitative estimate of drug-likeness (QED) is 0.897. The van der Waals surface area contributed by atoms with Crippen molar-refractivity contribution < 1.29 is 4.79 Å². The number of carbonyl (C=O) groups is 1. The van der Waals surface area contributed by atoms with Gasteiger partial charge in [0.05, 0.1) is 0 Å². The topological polar surface area (TPSA) is 46.3 Å². The molecule has 3 heteroatoms. The lowest BCUT2D eigenvalue weighted by molar-refractivity contribution is -0.133. The standard InChI is InChI=1S/C17H26N2O/c1-17(2,3)15(18)11-16(20)19(14-9-10-14)12-13-7-5-4-6-8-13/h4-8,14-15H,9-12,18H2,1-3H3. The van der Waals surface area contributed by atoms with E-state index in [1.807, 2.05) is 23.1 Å². The third-order valence-corrected chi connectivity index (χ3v) is 4.01. The van der Waals surface area contributed by atoms with Gasteiger partial charge in [-0.05, 0) is 23.8 Å². The Morgan fingerprint density at radius 3 is 2.40 bits per heavy atom. The number of nitrogens with zero attached hydrogens (tertiary/aromatic N) is 1. The number of nitrogens with two attached hydrogens (primary N) is 1. The van der Waals surface area contributed by atoms with Gasteiger partial charge in [-0.2, -0.15) is 0 Å². The maximum atomic E-state index is 12.5. The summed E-state index contributed by atoms with van der Waals surface area (Å²) in [5, 5.41) is 0. The summed E-state index contributed by atoms with van der Waals surface area (Å²) in [5.74, 6) is 0.193. The lowest BCUT2D eigenvalue weighted by Crippen LogP contribution is -2.42. The smallest absolute Gasteiger partial charge is 0.224 e. The normalized spacial score (nSPS) is 16.8. The van der Waals surface area contributed by atoms with Gasteiger partial charge in [0.25, 0.3) is 0 Å². The van der Waals surface area contributed by atoms with Crippen LogP contribution in [-0.4, -0.2) is 22.9 Å². The first-order valence-electron chi connectivity index (χ1n) is 7.47. The highest BCUT2D eigenvalue weighted by Crippen LogP contribution is 2.30. The van der Waals surface area contributed by atoms with E-state index in [-0.39, 0.29) is 17.4 Å². The molecule has 1 aromatic carbocycles. The molecule has 0 aliphatic heterocycles. The molecule has 1 saturated carbocycles. The monoisotopic (exact) mass is 274 g/mol. The minimum absolute atomic E-state index is 0.0301. The summed E-state index contributed by atoms with van der Waals surface area (Å²) < 4.78 is 0. The Kier molecular flexibility index (Phi) is 4.48. The maximum absolute atomic E-state index is 12.5. The third kappa shape index (κ3) is 4.07. The van der Waals surface area contributed by atoms with E-state index in [1.54, 1.807) is 0 Å². The van der Waals surface area contributed by atoms with Gasteiger partial charge < -0.3 is 10.6 Å². The van der Waals surface area contributed by atoms with Crippen LogP contribution in [0.25, 0.3) is 0 Å². The average Bonchev–Trinajstić information content (AvgIpc) is 3.20. The fourth-order valence-electron chi connectivity index (χ4n) is 2.20. The van der Waals surface area contributed by atoms with Gasteiger partial charge in [-0.15, -0.1) is 0 Å². The van der Waals surface area contributed by atoms with E-state index in [4.69, 9.17) is 5.73 Å². The number of amides is 1. The Bertz CT molecular complexity index is 446. The molecule has 1 fully saturated rings. The highest BCUT2D eigenvalue weighted by atomic mass is 16.2. The summed E-state index contributed by atoms with van der Waals surface area (Å²) in [6, 6.07) is 10.5. The average molecular weight is 274 g/mol. The zero-order valence-electron chi connectivity index (χ0n) is 12.8. The van der Waals surface area contributed by atoms with E-state index in [0.717, 1.165) is 12.8 Å². The first kappa shape index (κ1) is 15.0. The van der Waals surface area contributed by atoms with E-state index < -0.39 is 0 Å². The minimum Gasteiger partial charge on any atom is -0.335 e. The second kappa shape index (κ2) is 5.96. The van der Waals surface area contributed by atoms with Gasteiger partial charge in [-0.3, -0.25) is 4.79 Å². The van der Waals surface area contributed by atoms with Crippen molar-refractivity contribution in [3.05, 3.63) is 35.9 Å². The molecule has 1 amide bonds. The molecular formula is C17H26N2O. The van der Waals surface area contributed by atoms with Gasteiger partial charge in [-0.1, -0.05) is 51.1 Å².